The molecule has 6 N–H and O–H groups in total. The molecule has 0 bridgehead atoms. The molecular formula is C31H30F14N6O6. The molecule has 3 aromatic rings. The van der Waals surface area contributed by atoms with Crippen molar-refractivity contribution < 1.29 is 91.2 Å². The molecule has 2 aliphatic rings. The Hall–Kier alpha value is -5.11. The molecule has 57 heavy (non-hydrogen) atoms. The molecule has 1 aromatic carbocycles. The summed E-state index contributed by atoms with van der Waals surface area (Å²) in [5.41, 5.74) is 7.42. The number of nitrogens with two attached hydrogens (primary N) is 1. The van der Waals surface area contributed by atoms with Gasteiger partial charge in [-0.3, -0.25) is 19.9 Å². The first-order valence-electron chi connectivity index (χ1n) is 15.7. The highest BCUT2D eigenvalue weighted by Gasteiger charge is 2.43. The summed E-state index contributed by atoms with van der Waals surface area (Å²) in [6.07, 6.45) is -16.7. The van der Waals surface area contributed by atoms with E-state index in [1.807, 2.05) is 28.0 Å². The summed E-state index contributed by atoms with van der Waals surface area (Å²) in [4.78, 5) is 35.1. The summed E-state index contributed by atoms with van der Waals surface area (Å²) >= 11 is 0. The molecule has 4 heterocycles. The van der Waals surface area contributed by atoms with E-state index < -0.39 is 72.0 Å². The molecule has 0 radical (unpaired) electrons. The lowest BCUT2D eigenvalue weighted by molar-refractivity contribution is -0.193. The number of nitrogens with zero attached hydrogens (tertiary/aromatic N) is 4. The summed E-state index contributed by atoms with van der Waals surface area (Å²) in [5.74, 6) is -9.35. The number of H-pyrrole nitrogens is 1. The SMILES string of the molecule is N[C@H]1C[C@@H](N2CCc3[nH]nc(C(F)(F)F)c3C2)CN(CCc2ccccn2)[C@@H]1c1cc(F)ccc1F.O=C(O)C(F)(F)F.O=C(O)C(F)(F)F.O=C(O)C(F)(F)F. The molecule has 12 nitrogen and oxygen atoms in total. The van der Waals surface area contributed by atoms with Gasteiger partial charge in [0.25, 0.3) is 0 Å². The van der Waals surface area contributed by atoms with Crippen LogP contribution in [-0.4, -0.2) is 108 Å². The predicted molar refractivity (Wildman–Crippen MR) is 164 cm³/mol. The van der Waals surface area contributed by atoms with Crippen molar-refractivity contribution in [1.82, 2.24) is 25.0 Å². The van der Waals surface area contributed by atoms with Crippen LogP contribution in [-0.2, 0) is 39.9 Å². The van der Waals surface area contributed by atoms with Gasteiger partial charge in [-0.15, -0.1) is 0 Å². The van der Waals surface area contributed by atoms with Crippen molar-refractivity contribution in [3.63, 3.8) is 0 Å². The number of alkyl halides is 12. The second-order valence-electron chi connectivity index (χ2n) is 11.9. The molecule has 2 aliphatic heterocycles. The maximum Gasteiger partial charge on any atom is 0.490 e. The van der Waals surface area contributed by atoms with Gasteiger partial charge in [0.15, 0.2) is 5.69 Å². The number of nitrogens with one attached hydrogen (secondary N) is 1. The highest BCUT2D eigenvalue weighted by molar-refractivity contribution is 5.73. The molecule has 5 rings (SSSR count). The van der Waals surface area contributed by atoms with Crippen molar-refractivity contribution in [2.24, 2.45) is 5.73 Å². The number of carboxylic acids is 3. The number of piperidine rings is 1. The van der Waals surface area contributed by atoms with Crippen LogP contribution in [0.5, 0.6) is 0 Å². The van der Waals surface area contributed by atoms with Crippen molar-refractivity contribution in [3.05, 3.63) is 82.4 Å². The van der Waals surface area contributed by atoms with Gasteiger partial charge in [-0.2, -0.15) is 57.8 Å². The standard InChI is InChI=1S/C25H27F5N6.3C2HF3O2/c26-15-4-5-20(27)18(11-15)23-21(31)12-17(13-36(23)9-6-16-3-1-2-8-32-16)35-10-7-22-19(14-35)24(34-33-22)25(28,29)30;3*3-2(4,5)1(6)7/h1-5,8,11,17,21,23H,6-7,9-10,12-14,31H2,(H,33,34);3*(H,6,7)/t17-,21+,23-;;;/m1.../s1. The van der Waals surface area contributed by atoms with Crippen LogP contribution in [0.1, 0.15) is 40.7 Å². The Labute approximate surface area is 310 Å². The largest absolute Gasteiger partial charge is 0.490 e. The molecule has 3 atom stereocenters. The van der Waals surface area contributed by atoms with E-state index in [9.17, 15) is 61.5 Å². The minimum atomic E-state index is -5.08. The smallest absolute Gasteiger partial charge is 0.475 e. The van der Waals surface area contributed by atoms with Crippen LogP contribution in [0, 0.1) is 11.6 Å². The Balaban J connectivity index is 0.000000438. The second-order valence-corrected chi connectivity index (χ2v) is 11.9. The number of carbonyl (C=O) groups is 3. The lowest BCUT2D eigenvalue weighted by Crippen LogP contribution is -2.57. The summed E-state index contributed by atoms with van der Waals surface area (Å²) in [6, 6.07) is 7.68. The lowest BCUT2D eigenvalue weighted by Gasteiger charge is -2.47. The van der Waals surface area contributed by atoms with E-state index in [1.165, 1.54) is 6.07 Å². The van der Waals surface area contributed by atoms with Crippen LogP contribution in [0.3, 0.4) is 0 Å². The molecular weight excluding hydrogens is 818 g/mol. The van der Waals surface area contributed by atoms with Crippen LogP contribution in [0.2, 0.25) is 0 Å². The van der Waals surface area contributed by atoms with E-state index in [4.69, 9.17) is 35.4 Å². The minimum absolute atomic E-state index is 0.102. The van der Waals surface area contributed by atoms with Gasteiger partial charge >= 0.3 is 42.6 Å². The van der Waals surface area contributed by atoms with Gasteiger partial charge < -0.3 is 21.1 Å². The van der Waals surface area contributed by atoms with Crippen molar-refractivity contribution in [2.45, 2.75) is 68.6 Å². The van der Waals surface area contributed by atoms with E-state index in [0.717, 1.165) is 17.8 Å². The molecule has 0 amide bonds. The zero-order chi connectivity index (χ0) is 43.7. The average molecular weight is 849 g/mol. The number of benzene rings is 1. The lowest BCUT2D eigenvalue weighted by atomic mass is 9.86. The third kappa shape index (κ3) is 14.7. The second kappa shape index (κ2) is 19.4. The molecule has 1 fully saturated rings. The molecule has 26 heteroatoms. The zero-order valence-electron chi connectivity index (χ0n) is 28.4. The monoisotopic (exact) mass is 848 g/mol. The van der Waals surface area contributed by atoms with Crippen molar-refractivity contribution in [1.29, 1.82) is 0 Å². The van der Waals surface area contributed by atoms with Gasteiger partial charge in [-0.25, -0.2) is 23.2 Å². The first-order chi connectivity index (χ1) is 26.0. The Bertz CT molecular complexity index is 1740. The summed E-state index contributed by atoms with van der Waals surface area (Å²) in [5, 5.41) is 27.4. The number of aromatic amines is 1. The Kier molecular flexibility index (Phi) is 16.3. The number of hydrogen-bond donors (Lipinski definition) is 5. The minimum Gasteiger partial charge on any atom is -0.475 e. The van der Waals surface area contributed by atoms with Gasteiger partial charge in [-0.05, 0) is 36.8 Å². The number of pyridine rings is 1. The van der Waals surface area contributed by atoms with Crippen LogP contribution in [0.4, 0.5) is 61.5 Å². The molecule has 0 spiro atoms. The molecule has 0 saturated carbocycles. The predicted octanol–water partition coefficient (Wildman–Crippen LogP) is 5.75. The van der Waals surface area contributed by atoms with Crippen molar-refractivity contribution in [3.8, 4) is 0 Å². The third-order valence-electron chi connectivity index (χ3n) is 7.92. The number of aromatic nitrogens is 3. The Morgan fingerprint density at radius 2 is 1.39 bits per heavy atom. The fourth-order valence-corrected chi connectivity index (χ4v) is 5.50. The number of carboxylic acid groups (broad SMARTS) is 3. The van der Waals surface area contributed by atoms with Gasteiger partial charge in [0.1, 0.15) is 11.6 Å². The van der Waals surface area contributed by atoms with Crippen LogP contribution >= 0.6 is 0 Å². The Morgan fingerprint density at radius 3 is 1.86 bits per heavy atom. The number of hydrogen-bond acceptors (Lipinski definition) is 8. The molecule has 0 unspecified atom stereocenters. The Morgan fingerprint density at radius 1 is 0.842 bits per heavy atom. The van der Waals surface area contributed by atoms with Gasteiger partial charge in [0, 0.05) is 79.8 Å². The summed E-state index contributed by atoms with van der Waals surface area (Å²) in [7, 11) is 0. The van der Waals surface area contributed by atoms with Crippen LogP contribution in [0.15, 0.2) is 42.6 Å². The maximum atomic E-state index is 14.8. The molecule has 2 aromatic heterocycles. The summed E-state index contributed by atoms with van der Waals surface area (Å²) in [6.45, 7) is 1.60. The number of halogens is 14. The zero-order valence-corrected chi connectivity index (χ0v) is 28.4. The van der Waals surface area contributed by atoms with Gasteiger partial charge in [-0.1, -0.05) is 6.07 Å². The van der Waals surface area contributed by atoms with Crippen molar-refractivity contribution in [2.75, 3.05) is 19.6 Å². The first kappa shape index (κ1) is 48.0. The molecule has 0 aliphatic carbocycles. The number of likely N-dealkylation sites (tertiary alicyclic amines) is 1. The van der Waals surface area contributed by atoms with E-state index in [1.54, 1.807) is 6.20 Å². The number of aliphatic carboxylic acids is 3. The van der Waals surface area contributed by atoms with E-state index in [0.29, 0.717) is 44.6 Å². The van der Waals surface area contributed by atoms with E-state index >= 15 is 0 Å². The third-order valence-corrected chi connectivity index (χ3v) is 7.92. The topological polar surface area (TPSA) is 186 Å². The highest BCUT2D eigenvalue weighted by Crippen LogP contribution is 2.38. The highest BCUT2D eigenvalue weighted by atomic mass is 19.4. The quantitative estimate of drug-likeness (QED) is 0.197. The maximum absolute atomic E-state index is 14.8. The molecule has 318 valence electrons. The summed E-state index contributed by atoms with van der Waals surface area (Å²) < 4.78 is 165. The van der Waals surface area contributed by atoms with E-state index in [-0.39, 0.29) is 23.7 Å². The average Bonchev–Trinajstić information content (AvgIpc) is 3.53. The van der Waals surface area contributed by atoms with Crippen molar-refractivity contribution >= 4 is 17.9 Å². The fraction of sp³-hybridized carbons (Fsp3) is 0.452. The number of rotatable bonds is 5. The van der Waals surface area contributed by atoms with Gasteiger partial charge in [0.05, 0.1) is 6.04 Å². The normalized spacial score (nSPS) is 19.0. The van der Waals surface area contributed by atoms with E-state index in [2.05, 4.69) is 15.2 Å². The van der Waals surface area contributed by atoms with Crippen LogP contribution < -0.4 is 5.73 Å². The molecule has 1 saturated heterocycles. The number of fused-ring (bicyclic) bond motifs is 1. The first-order valence-corrected chi connectivity index (χ1v) is 15.7. The van der Waals surface area contributed by atoms with Gasteiger partial charge in [0.2, 0.25) is 0 Å². The van der Waals surface area contributed by atoms with Crippen LogP contribution in [0.25, 0.3) is 0 Å². The fourth-order valence-electron chi connectivity index (χ4n) is 5.50.